The number of carbonyl (C=O) groups is 1. The van der Waals surface area contributed by atoms with E-state index in [9.17, 15) is 9.18 Å². The number of aromatic nitrogens is 1. The van der Waals surface area contributed by atoms with Crippen LogP contribution in [0.3, 0.4) is 0 Å². The number of anilines is 2. The van der Waals surface area contributed by atoms with Gasteiger partial charge >= 0.3 is 5.97 Å². The summed E-state index contributed by atoms with van der Waals surface area (Å²) in [7, 11) is 0. The number of ether oxygens (including phenoxy) is 1. The molecule has 1 aromatic heterocycles. The van der Waals surface area contributed by atoms with Gasteiger partial charge in [0.05, 0.1) is 12.3 Å². The summed E-state index contributed by atoms with van der Waals surface area (Å²) in [6.07, 6.45) is 0. The molecule has 0 bridgehead atoms. The van der Waals surface area contributed by atoms with E-state index in [0.29, 0.717) is 21.9 Å². The molecule has 2 aromatic rings. The van der Waals surface area contributed by atoms with Crippen molar-refractivity contribution in [1.82, 2.24) is 4.98 Å². The third-order valence-electron chi connectivity index (χ3n) is 2.44. The van der Waals surface area contributed by atoms with Gasteiger partial charge in [-0.05, 0) is 32.0 Å². The van der Waals surface area contributed by atoms with E-state index in [0.717, 1.165) is 4.88 Å². The first kappa shape index (κ1) is 14.9. The van der Waals surface area contributed by atoms with E-state index < -0.39 is 11.8 Å². The molecule has 0 aliphatic carbocycles. The number of rotatable bonds is 4. The number of aryl methyl sites for hydroxylation is 1. The Balaban J connectivity index is 2.22. The maximum Gasteiger partial charge on any atom is 0.358 e. The highest BCUT2D eigenvalue weighted by molar-refractivity contribution is 9.10. The van der Waals surface area contributed by atoms with E-state index in [1.807, 2.05) is 0 Å². The summed E-state index contributed by atoms with van der Waals surface area (Å²) in [6.45, 7) is 3.79. The average Bonchev–Trinajstić information content (AvgIpc) is 2.74. The molecule has 0 unspecified atom stereocenters. The second kappa shape index (κ2) is 6.32. The van der Waals surface area contributed by atoms with Crippen LogP contribution in [0.4, 0.5) is 15.2 Å². The lowest BCUT2D eigenvalue weighted by Gasteiger charge is -2.04. The monoisotopic (exact) mass is 358 g/mol. The topological polar surface area (TPSA) is 51.2 Å². The Labute approximate surface area is 128 Å². The fourth-order valence-electron chi connectivity index (χ4n) is 1.54. The van der Waals surface area contributed by atoms with E-state index in [1.165, 1.54) is 17.4 Å². The van der Waals surface area contributed by atoms with Gasteiger partial charge in [-0.25, -0.2) is 14.2 Å². The van der Waals surface area contributed by atoms with Crippen LogP contribution in [0.2, 0.25) is 0 Å². The second-order valence-electron chi connectivity index (χ2n) is 3.89. The number of benzene rings is 1. The maximum absolute atomic E-state index is 13.7. The molecule has 0 aliphatic rings. The number of nitrogens with one attached hydrogen (secondary N) is 1. The molecule has 0 amide bonds. The fourth-order valence-corrected chi connectivity index (χ4v) is 2.69. The molecule has 7 heteroatoms. The first-order valence-corrected chi connectivity index (χ1v) is 7.48. The third kappa shape index (κ3) is 3.34. The van der Waals surface area contributed by atoms with Crippen LogP contribution in [-0.2, 0) is 4.74 Å². The van der Waals surface area contributed by atoms with Gasteiger partial charge in [0.15, 0.2) is 10.8 Å². The van der Waals surface area contributed by atoms with Crippen LogP contribution in [0, 0.1) is 12.7 Å². The van der Waals surface area contributed by atoms with Crippen molar-refractivity contribution < 1.29 is 13.9 Å². The van der Waals surface area contributed by atoms with Crippen molar-refractivity contribution in [2.45, 2.75) is 13.8 Å². The third-order valence-corrected chi connectivity index (χ3v) is 3.82. The zero-order valence-corrected chi connectivity index (χ0v) is 13.3. The van der Waals surface area contributed by atoms with E-state index in [4.69, 9.17) is 4.74 Å². The first-order chi connectivity index (χ1) is 9.51. The number of halogens is 2. The standard InChI is InChI=1S/C13H12BrFN2O2S/c1-3-19-12(18)11-7(2)20-13(17-11)16-10-5-4-8(14)6-9(10)15/h4-6H,3H2,1-2H3,(H,16,17). The normalized spacial score (nSPS) is 10.4. The van der Waals surface area contributed by atoms with E-state index in [2.05, 4.69) is 26.2 Å². The number of esters is 1. The lowest BCUT2D eigenvalue weighted by molar-refractivity contribution is 0.0519. The number of thiazole rings is 1. The predicted molar refractivity (Wildman–Crippen MR) is 80.2 cm³/mol. The van der Waals surface area contributed by atoms with Crippen molar-refractivity contribution in [3.8, 4) is 0 Å². The van der Waals surface area contributed by atoms with Crippen molar-refractivity contribution in [2.24, 2.45) is 0 Å². The SMILES string of the molecule is CCOC(=O)c1nc(Nc2ccc(Br)cc2F)sc1C. The molecule has 0 saturated carbocycles. The molecule has 0 atom stereocenters. The highest BCUT2D eigenvalue weighted by Crippen LogP contribution is 2.28. The van der Waals surface area contributed by atoms with Gasteiger partial charge in [-0.1, -0.05) is 15.9 Å². The highest BCUT2D eigenvalue weighted by atomic mass is 79.9. The molecular weight excluding hydrogens is 347 g/mol. The summed E-state index contributed by atoms with van der Waals surface area (Å²) in [5, 5.41) is 3.31. The fraction of sp³-hybridized carbons (Fsp3) is 0.231. The molecular formula is C13H12BrFN2O2S. The minimum absolute atomic E-state index is 0.261. The van der Waals surface area contributed by atoms with Crippen LogP contribution in [0.25, 0.3) is 0 Å². The van der Waals surface area contributed by atoms with Crippen LogP contribution in [0.5, 0.6) is 0 Å². The van der Waals surface area contributed by atoms with Gasteiger partial charge in [0, 0.05) is 9.35 Å². The molecule has 0 spiro atoms. The molecule has 0 fully saturated rings. The molecule has 0 radical (unpaired) electrons. The summed E-state index contributed by atoms with van der Waals surface area (Å²) >= 11 is 4.47. The molecule has 106 valence electrons. The Morgan fingerprint density at radius 3 is 2.95 bits per heavy atom. The van der Waals surface area contributed by atoms with Gasteiger partial charge in [0.1, 0.15) is 5.82 Å². The van der Waals surface area contributed by atoms with Crippen LogP contribution in [-0.4, -0.2) is 17.6 Å². The summed E-state index contributed by atoms with van der Waals surface area (Å²) in [5.41, 5.74) is 0.564. The van der Waals surface area contributed by atoms with Gasteiger partial charge in [-0.3, -0.25) is 0 Å². The van der Waals surface area contributed by atoms with Crippen molar-refractivity contribution in [3.63, 3.8) is 0 Å². The Bertz CT molecular complexity index is 645. The molecule has 4 nitrogen and oxygen atoms in total. The first-order valence-electron chi connectivity index (χ1n) is 5.88. The van der Waals surface area contributed by atoms with E-state index in [1.54, 1.807) is 26.0 Å². The Kier molecular flexibility index (Phi) is 4.72. The molecule has 1 heterocycles. The quantitative estimate of drug-likeness (QED) is 0.829. The van der Waals surface area contributed by atoms with Gasteiger partial charge in [0.2, 0.25) is 0 Å². The summed E-state index contributed by atoms with van der Waals surface area (Å²) in [4.78, 5) is 16.5. The second-order valence-corrected chi connectivity index (χ2v) is 6.01. The number of hydrogen-bond donors (Lipinski definition) is 1. The minimum Gasteiger partial charge on any atom is -0.461 e. The molecule has 1 N–H and O–H groups in total. The molecule has 0 aliphatic heterocycles. The molecule has 20 heavy (non-hydrogen) atoms. The average molecular weight is 359 g/mol. The largest absolute Gasteiger partial charge is 0.461 e. The Morgan fingerprint density at radius 2 is 2.30 bits per heavy atom. The lowest BCUT2D eigenvalue weighted by Crippen LogP contribution is -2.06. The zero-order chi connectivity index (χ0) is 14.7. The molecule has 0 saturated heterocycles. The van der Waals surface area contributed by atoms with E-state index in [-0.39, 0.29) is 5.69 Å². The van der Waals surface area contributed by atoms with Crippen molar-refractivity contribution >= 4 is 44.1 Å². The summed E-state index contributed by atoms with van der Waals surface area (Å²) in [6, 6.07) is 4.67. The van der Waals surface area contributed by atoms with Gasteiger partial charge in [-0.2, -0.15) is 0 Å². The Hall–Kier alpha value is -1.47. The zero-order valence-electron chi connectivity index (χ0n) is 10.9. The number of carbonyl (C=O) groups excluding carboxylic acids is 1. The smallest absolute Gasteiger partial charge is 0.358 e. The molecule has 2 rings (SSSR count). The summed E-state index contributed by atoms with van der Waals surface area (Å²) < 4.78 is 19.3. The van der Waals surface area contributed by atoms with Crippen LogP contribution < -0.4 is 5.32 Å². The van der Waals surface area contributed by atoms with Gasteiger partial charge in [0.25, 0.3) is 0 Å². The predicted octanol–water partition coefficient (Wildman–Crippen LogP) is 4.27. The highest BCUT2D eigenvalue weighted by Gasteiger charge is 2.17. The molecule has 1 aromatic carbocycles. The van der Waals surface area contributed by atoms with Crippen molar-refractivity contribution in [3.05, 3.63) is 39.1 Å². The Morgan fingerprint density at radius 1 is 1.55 bits per heavy atom. The van der Waals surface area contributed by atoms with Crippen molar-refractivity contribution in [1.29, 1.82) is 0 Å². The summed E-state index contributed by atoms with van der Waals surface area (Å²) in [5.74, 6) is -0.865. The van der Waals surface area contributed by atoms with Crippen LogP contribution >= 0.6 is 27.3 Å². The van der Waals surface area contributed by atoms with Crippen LogP contribution in [0.15, 0.2) is 22.7 Å². The number of hydrogen-bond acceptors (Lipinski definition) is 5. The lowest BCUT2D eigenvalue weighted by atomic mass is 10.3. The van der Waals surface area contributed by atoms with Crippen molar-refractivity contribution in [2.75, 3.05) is 11.9 Å². The van der Waals surface area contributed by atoms with Crippen LogP contribution in [0.1, 0.15) is 22.3 Å². The van der Waals surface area contributed by atoms with Gasteiger partial charge in [-0.15, -0.1) is 11.3 Å². The number of nitrogens with zero attached hydrogens (tertiary/aromatic N) is 1. The minimum atomic E-state index is -0.467. The van der Waals surface area contributed by atoms with Gasteiger partial charge < -0.3 is 10.1 Å². The van der Waals surface area contributed by atoms with E-state index >= 15 is 0 Å². The maximum atomic E-state index is 13.7.